The van der Waals surface area contributed by atoms with Crippen molar-refractivity contribution in [2.24, 2.45) is 0 Å². The summed E-state index contributed by atoms with van der Waals surface area (Å²) in [5, 5.41) is 10.6. The van der Waals surface area contributed by atoms with Gasteiger partial charge in [0.1, 0.15) is 12.4 Å². The molecule has 0 saturated carbocycles. The Morgan fingerprint density at radius 3 is 2.64 bits per heavy atom. The van der Waals surface area contributed by atoms with Crippen molar-refractivity contribution in [2.75, 3.05) is 33.0 Å². The van der Waals surface area contributed by atoms with E-state index in [1.165, 1.54) is 5.56 Å². The first-order valence-electron chi connectivity index (χ1n) is 16.3. The number of hydrogen-bond acceptors (Lipinski definition) is 8. The van der Waals surface area contributed by atoms with E-state index in [9.17, 15) is 0 Å². The van der Waals surface area contributed by atoms with E-state index in [-0.39, 0.29) is 12.3 Å². The molecule has 1 fully saturated rings. The van der Waals surface area contributed by atoms with E-state index in [0.29, 0.717) is 39.0 Å². The molecule has 2 atom stereocenters. The van der Waals surface area contributed by atoms with Gasteiger partial charge in [-0.2, -0.15) is 10.2 Å². The zero-order valence-electron chi connectivity index (χ0n) is 27.3. The lowest BCUT2D eigenvalue weighted by Crippen LogP contribution is -2.22. The molecule has 5 rings (SSSR count). The predicted molar refractivity (Wildman–Crippen MR) is 178 cm³/mol. The molecule has 0 bridgehead atoms. The third-order valence-corrected chi connectivity index (χ3v) is 9.51. The highest BCUT2D eigenvalue weighted by Gasteiger charge is 2.23. The second kappa shape index (κ2) is 16.5. The normalized spacial score (nSPS) is 16.3. The van der Waals surface area contributed by atoms with E-state index in [4.69, 9.17) is 28.8 Å². The summed E-state index contributed by atoms with van der Waals surface area (Å²) < 4.78 is 33.6. The number of hydrogen-bond donors (Lipinski definition) is 0. The second-order valence-corrected chi connectivity index (χ2v) is 18.6. The molecule has 1 aliphatic rings. The monoisotopic (exact) mass is 635 g/mol. The van der Waals surface area contributed by atoms with Gasteiger partial charge in [0, 0.05) is 64.1 Å². The minimum absolute atomic E-state index is 0.0551. The van der Waals surface area contributed by atoms with Gasteiger partial charge in [-0.15, -0.1) is 0 Å². The number of nitrogens with zero attached hydrogens (tertiary/aromatic N) is 5. The number of ether oxygens (including phenoxy) is 5. The molecule has 2 unspecified atom stereocenters. The minimum atomic E-state index is -1.14. The summed E-state index contributed by atoms with van der Waals surface area (Å²) >= 11 is 0. The Kier molecular flexibility index (Phi) is 12.2. The Balaban J connectivity index is 1.16. The van der Waals surface area contributed by atoms with Crippen LogP contribution in [0.3, 0.4) is 0 Å². The molecule has 4 aromatic rings. The lowest BCUT2D eigenvalue weighted by Gasteiger charge is -2.23. The summed E-state index contributed by atoms with van der Waals surface area (Å²) in [6.45, 7) is 13.6. The van der Waals surface area contributed by atoms with E-state index in [2.05, 4.69) is 41.9 Å². The van der Waals surface area contributed by atoms with Gasteiger partial charge in [0.25, 0.3) is 0 Å². The van der Waals surface area contributed by atoms with Crippen molar-refractivity contribution in [3.05, 3.63) is 60.6 Å². The highest BCUT2D eigenvalue weighted by atomic mass is 28.3. The van der Waals surface area contributed by atoms with Crippen LogP contribution in [-0.4, -0.2) is 71.8 Å². The molecular weight excluding hydrogens is 586 g/mol. The van der Waals surface area contributed by atoms with Gasteiger partial charge < -0.3 is 23.7 Å². The van der Waals surface area contributed by atoms with Crippen LogP contribution in [0.2, 0.25) is 25.7 Å². The van der Waals surface area contributed by atoms with Crippen molar-refractivity contribution in [2.45, 2.75) is 90.4 Å². The summed E-state index contributed by atoms with van der Waals surface area (Å²) in [7, 11) is -1.14. The van der Waals surface area contributed by atoms with Crippen LogP contribution in [0.1, 0.15) is 50.8 Å². The van der Waals surface area contributed by atoms with E-state index in [1.54, 1.807) is 0 Å². The zero-order chi connectivity index (χ0) is 31.5. The number of aromatic nitrogens is 5. The van der Waals surface area contributed by atoms with Crippen molar-refractivity contribution in [3.63, 3.8) is 0 Å². The van der Waals surface area contributed by atoms with E-state index >= 15 is 0 Å². The van der Waals surface area contributed by atoms with Crippen molar-refractivity contribution in [1.29, 1.82) is 0 Å². The SMILES string of the molecule is CC(CCOCCCOCc1ccccc1)Oc1cc2c(-c3cnn(COCC[Si](C)(C)C)c3)nn(C3CCCCO3)c2cn1. The molecule has 4 heterocycles. The van der Waals surface area contributed by atoms with Gasteiger partial charge in [-0.1, -0.05) is 50.0 Å². The highest BCUT2D eigenvalue weighted by Crippen LogP contribution is 2.34. The number of rotatable bonds is 18. The topological polar surface area (TPSA) is 94.7 Å². The van der Waals surface area contributed by atoms with Gasteiger partial charge in [0.05, 0.1) is 37.2 Å². The Morgan fingerprint density at radius 2 is 1.84 bits per heavy atom. The molecule has 0 spiro atoms. The zero-order valence-corrected chi connectivity index (χ0v) is 28.3. The Morgan fingerprint density at radius 1 is 1.00 bits per heavy atom. The third kappa shape index (κ3) is 10.2. The summed E-state index contributed by atoms with van der Waals surface area (Å²) in [6, 6.07) is 13.3. The molecule has 10 nitrogen and oxygen atoms in total. The predicted octanol–water partition coefficient (Wildman–Crippen LogP) is 7.09. The molecule has 1 aliphatic heterocycles. The molecule has 244 valence electrons. The maximum atomic E-state index is 6.24. The molecular formula is C34H49N5O5Si. The smallest absolute Gasteiger partial charge is 0.214 e. The third-order valence-electron chi connectivity index (χ3n) is 7.80. The fourth-order valence-electron chi connectivity index (χ4n) is 5.17. The van der Waals surface area contributed by atoms with Crippen LogP contribution in [0, 0.1) is 0 Å². The van der Waals surface area contributed by atoms with Gasteiger partial charge in [-0.3, -0.25) is 0 Å². The van der Waals surface area contributed by atoms with Crippen LogP contribution < -0.4 is 4.74 Å². The minimum Gasteiger partial charge on any atom is -0.475 e. The first-order valence-corrected chi connectivity index (χ1v) is 20.0. The van der Waals surface area contributed by atoms with Crippen LogP contribution in [0.25, 0.3) is 22.2 Å². The lowest BCUT2D eigenvalue weighted by atomic mass is 10.1. The second-order valence-electron chi connectivity index (χ2n) is 13.0. The van der Waals surface area contributed by atoms with Crippen molar-refractivity contribution < 1.29 is 23.7 Å². The Bertz CT molecular complexity index is 1450. The van der Waals surface area contributed by atoms with E-state index in [1.807, 2.05) is 59.1 Å². The first-order chi connectivity index (χ1) is 21.9. The van der Waals surface area contributed by atoms with Gasteiger partial charge in [-0.25, -0.2) is 14.3 Å². The van der Waals surface area contributed by atoms with Crippen molar-refractivity contribution in [1.82, 2.24) is 24.5 Å². The van der Waals surface area contributed by atoms with Crippen LogP contribution in [0.15, 0.2) is 55.0 Å². The van der Waals surface area contributed by atoms with Crippen LogP contribution in [-0.2, 0) is 32.3 Å². The van der Waals surface area contributed by atoms with E-state index in [0.717, 1.165) is 73.5 Å². The highest BCUT2D eigenvalue weighted by molar-refractivity contribution is 6.76. The van der Waals surface area contributed by atoms with E-state index < -0.39 is 8.07 Å². The number of benzene rings is 1. The van der Waals surface area contributed by atoms with Gasteiger partial charge in [0.2, 0.25) is 5.88 Å². The standard InChI is InChI=1S/C34H49N5O5Si/c1-27(14-18-40-15-10-16-41-25-28-11-6-5-7-12-28)44-32-21-30-31(23-35-32)39(33-13-8-9-17-43-33)37-34(30)29-22-36-38(24-29)26-42-19-20-45(2,3)4/h5-7,11-12,21-24,27,33H,8-10,13-20,25-26H2,1-4H3. The quantitative estimate of drug-likeness (QED) is 0.0845. The average Bonchev–Trinajstić information content (AvgIpc) is 3.66. The fourth-order valence-corrected chi connectivity index (χ4v) is 5.92. The molecule has 1 saturated heterocycles. The summed E-state index contributed by atoms with van der Waals surface area (Å²) in [6.07, 6.45) is 10.3. The average molecular weight is 636 g/mol. The molecule has 45 heavy (non-hydrogen) atoms. The van der Waals surface area contributed by atoms with Gasteiger partial charge >= 0.3 is 0 Å². The van der Waals surface area contributed by atoms with Crippen LogP contribution in [0.4, 0.5) is 0 Å². The maximum Gasteiger partial charge on any atom is 0.214 e. The molecule has 0 N–H and O–H groups in total. The summed E-state index contributed by atoms with van der Waals surface area (Å²) in [4.78, 5) is 4.65. The van der Waals surface area contributed by atoms with Crippen LogP contribution in [0.5, 0.6) is 5.88 Å². The van der Waals surface area contributed by atoms with Gasteiger partial charge in [0.15, 0.2) is 6.23 Å². The Hall–Kier alpha value is -3.09. The Labute approximate surface area is 268 Å². The van der Waals surface area contributed by atoms with Gasteiger partial charge in [-0.05, 0) is 44.2 Å². The largest absolute Gasteiger partial charge is 0.475 e. The molecule has 0 amide bonds. The molecule has 0 radical (unpaired) electrons. The first kappa shape index (κ1) is 33.3. The van der Waals surface area contributed by atoms with Crippen molar-refractivity contribution in [3.8, 4) is 17.1 Å². The molecule has 3 aromatic heterocycles. The fraction of sp³-hybridized carbons (Fsp3) is 0.559. The summed E-state index contributed by atoms with van der Waals surface area (Å²) in [5.74, 6) is 0.566. The van der Waals surface area contributed by atoms with Crippen molar-refractivity contribution >= 4 is 19.0 Å². The maximum absolute atomic E-state index is 6.24. The van der Waals surface area contributed by atoms with Crippen LogP contribution >= 0.6 is 0 Å². The summed E-state index contributed by atoms with van der Waals surface area (Å²) in [5.41, 5.74) is 3.87. The lowest BCUT2D eigenvalue weighted by molar-refractivity contribution is -0.0365. The number of fused-ring (bicyclic) bond motifs is 1. The number of pyridine rings is 1. The molecule has 0 aliphatic carbocycles. The molecule has 11 heteroatoms. The molecule has 1 aromatic carbocycles.